The van der Waals surface area contributed by atoms with Crippen molar-refractivity contribution in [3.05, 3.63) is 28.8 Å². The van der Waals surface area contributed by atoms with Gasteiger partial charge in [0, 0.05) is 0 Å². The maximum absolute atomic E-state index is 12.6. The summed E-state index contributed by atoms with van der Waals surface area (Å²) in [6, 6.07) is 1.13. The largest absolute Gasteiger partial charge is 0.461 e. The van der Waals surface area contributed by atoms with Crippen molar-refractivity contribution >= 4 is 17.6 Å². The van der Waals surface area contributed by atoms with E-state index in [0.717, 1.165) is 12.3 Å². The van der Waals surface area contributed by atoms with Crippen LogP contribution in [0.1, 0.15) is 17.4 Å². The van der Waals surface area contributed by atoms with Crippen LogP contribution < -0.4 is 0 Å². The van der Waals surface area contributed by atoms with Crippen LogP contribution in [0, 0.1) is 5.82 Å². The Labute approximate surface area is 79.5 Å². The van der Waals surface area contributed by atoms with Crippen LogP contribution in [0.5, 0.6) is 0 Å². The fourth-order valence-corrected chi connectivity index (χ4v) is 0.883. The standard InChI is InChI=1S/C8H7ClFNO2/c1-2-13-8(12)7-3-5(9)6(10)4-11-7/h3-4H,2H2,1H3. The molecular formula is C8H7ClFNO2. The number of carbonyl (C=O) groups is 1. The summed E-state index contributed by atoms with van der Waals surface area (Å²) in [7, 11) is 0. The highest BCUT2D eigenvalue weighted by Crippen LogP contribution is 2.14. The molecule has 0 aliphatic carbocycles. The summed E-state index contributed by atoms with van der Waals surface area (Å²) in [5, 5.41) is -0.141. The summed E-state index contributed by atoms with van der Waals surface area (Å²) in [6.07, 6.45) is 0.884. The molecule has 0 amide bonds. The monoisotopic (exact) mass is 203 g/mol. The van der Waals surface area contributed by atoms with Gasteiger partial charge < -0.3 is 4.74 Å². The van der Waals surface area contributed by atoms with E-state index in [-0.39, 0.29) is 17.3 Å². The summed E-state index contributed by atoms with van der Waals surface area (Å²) in [5.74, 6) is -1.26. The van der Waals surface area contributed by atoms with Crippen LogP contribution >= 0.6 is 11.6 Å². The molecule has 0 aromatic carbocycles. The van der Waals surface area contributed by atoms with Crippen LogP contribution in [-0.2, 0) is 4.74 Å². The van der Waals surface area contributed by atoms with E-state index in [1.165, 1.54) is 0 Å². The Morgan fingerprint density at radius 3 is 3.00 bits per heavy atom. The zero-order valence-corrected chi connectivity index (χ0v) is 7.64. The van der Waals surface area contributed by atoms with Crippen LogP contribution in [0.4, 0.5) is 4.39 Å². The molecule has 0 spiro atoms. The van der Waals surface area contributed by atoms with Crippen molar-refractivity contribution in [1.29, 1.82) is 0 Å². The van der Waals surface area contributed by atoms with Gasteiger partial charge in [0.2, 0.25) is 0 Å². The lowest BCUT2D eigenvalue weighted by Crippen LogP contribution is -2.07. The molecule has 0 radical (unpaired) electrons. The zero-order chi connectivity index (χ0) is 9.84. The number of hydrogen-bond acceptors (Lipinski definition) is 3. The molecule has 0 fully saturated rings. The maximum Gasteiger partial charge on any atom is 0.356 e. The van der Waals surface area contributed by atoms with Gasteiger partial charge in [-0.1, -0.05) is 11.6 Å². The molecular weight excluding hydrogens is 197 g/mol. The van der Waals surface area contributed by atoms with E-state index in [4.69, 9.17) is 11.6 Å². The lowest BCUT2D eigenvalue weighted by Gasteiger charge is -2.00. The SMILES string of the molecule is CCOC(=O)c1cc(Cl)c(F)cn1. The van der Waals surface area contributed by atoms with Gasteiger partial charge in [-0.15, -0.1) is 0 Å². The first kappa shape index (κ1) is 9.92. The van der Waals surface area contributed by atoms with E-state index in [1.54, 1.807) is 6.92 Å². The van der Waals surface area contributed by atoms with Gasteiger partial charge in [0.15, 0.2) is 5.82 Å². The molecule has 5 heteroatoms. The second-order valence-electron chi connectivity index (χ2n) is 2.20. The highest BCUT2D eigenvalue weighted by atomic mass is 35.5. The summed E-state index contributed by atoms with van der Waals surface area (Å²) < 4.78 is 17.2. The van der Waals surface area contributed by atoms with Crippen molar-refractivity contribution in [3.63, 3.8) is 0 Å². The molecule has 0 unspecified atom stereocenters. The Kier molecular flexibility index (Phi) is 3.19. The molecule has 0 bridgehead atoms. The van der Waals surface area contributed by atoms with Crippen molar-refractivity contribution in [2.45, 2.75) is 6.92 Å². The van der Waals surface area contributed by atoms with Crippen LogP contribution in [0.25, 0.3) is 0 Å². The van der Waals surface area contributed by atoms with Gasteiger partial charge >= 0.3 is 5.97 Å². The Hall–Kier alpha value is -1.16. The molecule has 3 nitrogen and oxygen atoms in total. The molecule has 0 atom stereocenters. The van der Waals surface area contributed by atoms with Gasteiger partial charge in [-0.25, -0.2) is 14.2 Å². The molecule has 1 aromatic heterocycles. The number of hydrogen-bond donors (Lipinski definition) is 0. The minimum atomic E-state index is -0.658. The summed E-state index contributed by atoms with van der Waals surface area (Å²) in [4.78, 5) is 14.6. The minimum absolute atomic E-state index is 0.00764. The Balaban J connectivity index is 2.90. The van der Waals surface area contributed by atoms with Gasteiger partial charge in [0.1, 0.15) is 5.69 Å². The molecule has 0 aliphatic heterocycles. The van der Waals surface area contributed by atoms with E-state index in [0.29, 0.717) is 0 Å². The van der Waals surface area contributed by atoms with Crippen LogP contribution in [0.2, 0.25) is 5.02 Å². The number of esters is 1. The fourth-order valence-electron chi connectivity index (χ4n) is 0.731. The maximum atomic E-state index is 12.6. The number of ether oxygens (including phenoxy) is 1. The summed E-state index contributed by atoms with van der Waals surface area (Å²) in [6.45, 7) is 1.92. The number of rotatable bonds is 2. The average Bonchev–Trinajstić information content (AvgIpc) is 2.10. The zero-order valence-electron chi connectivity index (χ0n) is 6.88. The fraction of sp³-hybridized carbons (Fsp3) is 0.250. The summed E-state index contributed by atoms with van der Waals surface area (Å²) in [5.41, 5.74) is 0.00764. The predicted octanol–water partition coefficient (Wildman–Crippen LogP) is 2.05. The number of halogens is 2. The van der Waals surface area contributed by atoms with E-state index in [1.807, 2.05) is 0 Å². The van der Waals surface area contributed by atoms with E-state index in [2.05, 4.69) is 9.72 Å². The van der Waals surface area contributed by atoms with E-state index < -0.39 is 11.8 Å². The van der Waals surface area contributed by atoms with Crippen molar-refractivity contribution in [2.75, 3.05) is 6.61 Å². The number of nitrogens with zero attached hydrogens (tertiary/aromatic N) is 1. The second kappa shape index (κ2) is 4.18. The first-order valence-electron chi connectivity index (χ1n) is 3.63. The van der Waals surface area contributed by atoms with Crippen molar-refractivity contribution in [2.24, 2.45) is 0 Å². The second-order valence-corrected chi connectivity index (χ2v) is 2.61. The van der Waals surface area contributed by atoms with Crippen LogP contribution in [0.15, 0.2) is 12.3 Å². The van der Waals surface area contributed by atoms with Gasteiger partial charge in [-0.2, -0.15) is 0 Å². The average molecular weight is 204 g/mol. The van der Waals surface area contributed by atoms with Gasteiger partial charge in [-0.3, -0.25) is 0 Å². The molecule has 0 saturated heterocycles. The topological polar surface area (TPSA) is 39.2 Å². The third kappa shape index (κ3) is 2.39. The molecule has 1 heterocycles. The number of aromatic nitrogens is 1. The number of carbonyl (C=O) groups excluding carboxylic acids is 1. The summed E-state index contributed by atoms with van der Waals surface area (Å²) >= 11 is 5.44. The molecule has 1 aromatic rings. The third-order valence-corrected chi connectivity index (χ3v) is 1.58. The Morgan fingerprint density at radius 1 is 1.77 bits per heavy atom. The quantitative estimate of drug-likeness (QED) is 0.691. The predicted molar refractivity (Wildman–Crippen MR) is 45.2 cm³/mol. The Bertz CT molecular complexity index is 330. The van der Waals surface area contributed by atoms with E-state index in [9.17, 15) is 9.18 Å². The highest BCUT2D eigenvalue weighted by molar-refractivity contribution is 6.31. The molecule has 70 valence electrons. The normalized spacial score (nSPS) is 9.77. The third-order valence-electron chi connectivity index (χ3n) is 1.29. The van der Waals surface area contributed by atoms with Crippen molar-refractivity contribution in [1.82, 2.24) is 4.98 Å². The smallest absolute Gasteiger partial charge is 0.356 e. The van der Waals surface area contributed by atoms with E-state index >= 15 is 0 Å². The van der Waals surface area contributed by atoms with Gasteiger partial charge in [0.05, 0.1) is 17.8 Å². The molecule has 0 N–H and O–H groups in total. The lowest BCUT2D eigenvalue weighted by atomic mass is 10.3. The highest BCUT2D eigenvalue weighted by Gasteiger charge is 2.10. The first-order valence-corrected chi connectivity index (χ1v) is 4.01. The van der Waals surface area contributed by atoms with Crippen molar-refractivity contribution in [3.8, 4) is 0 Å². The number of pyridine rings is 1. The van der Waals surface area contributed by atoms with Gasteiger partial charge in [-0.05, 0) is 13.0 Å². The first-order chi connectivity index (χ1) is 6.15. The van der Waals surface area contributed by atoms with Crippen LogP contribution in [-0.4, -0.2) is 17.6 Å². The molecule has 13 heavy (non-hydrogen) atoms. The molecule has 0 saturated carbocycles. The molecule has 1 rings (SSSR count). The van der Waals surface area contributed by atoms with Crippen LogP contribution in [0.3, 0.4) is 0 Å². The van der Waals surface area contributed by atoms with Gasteiger partial charge in [0.25, 0.3) is 0 Å². The minimum Gasteiger partial charge on any atom is -0.461 e. The molecule has 0 aliphatic rings. The Morgan fingerprint density at radius 2 is 2.46 bits per heavy atom. The van der Waals surface area contributed by atoms with Crippen molar-refractivity contribution < 1.29 is 13.9 Å². The lowest BCUT2D eigenvalue weighted by molar-refractivity contribution is 0.0519.